The maximum atomic E-state index is 13.1. The first-order chi connectivity index (χ1) is 10.4. The van der Waals surface area contributed by atoms with Crippen LogP contribution in [0.4, 0.5) is 0 Å². The molecule has 1 heterocycles. The molecule has 3 fully saturated rings. The molecule has 2 atom stereocenters. The van der Waals surface area contributed by atoms with Crippen LogP contribution >= 0.6 is 0 Å². The third kappa shape index (κ3) is 2.63. The average molecular weight is 320 g/mol. The van der Waals surface area contributed by atoms with E-state index in [1.54, 1.807) is 0 Å². The molecule has 2 bridgehead atoms. The fourth-order valence-corrected chi connectivity index (χ4v) is 5.73. The van der Waals surface area contributed by atoms with Gasteiger partial charge in [0.1, 0.15) is 5.41 Å². The van der Waals surface area contributed by atoms with Crippen molar-refractivity contribution in [3.05, 3.63) is 0 Å². The second kappa shape index (κ2) is 4.81. The number of nitrogens with one attached hydrogen (secondary N) is 2. The minimum atomic E-state index is -0.743. The van der Waals surface area contributed by atoms with Crippen LogP contribution in [-0.4, -0.2) is 28.8 Å². The molecule has 0 aromatic rings. The number of hydrogen-bond acceptors (Lipinski definition) is 3. The van der Waals surface area contributed by atoms with Crippen molar-refractivity contribution in [3.63, 3.8) is 0 Å². The Morgan fingerprint density at radius 2 is 1.61 bits per heavy atom. The van der Waals surface area contributed by atoms with Gasteiger partial charge in [-0.05, 0) is 65.7 Å². The van der Waals surface area contributed by atoms with Gasteiger partial charge in [-0.3, -0.25) is 9.59 Å². The number of Topliss-reactive ketones (excluding diaryl/α,β-unsaturated/α-hetero) is 1. The molecule has 130 valence electrons. The molecule has 4 nitrogen and oxygen atoms in total. The van der Waals surface area contributed by atoms with Gasteiger partial charge in [0.2, 0.25) is 5.91 Å². The number of ketones is 1. The Labute approximate surface area is 140 Å². The highest BCUT2D eigenvalue weighted by molar-refractivity contribution is 6.10. The van der Waals surface area contributed by atoms with Gasteiger partial charge in [0, 0.05) is 22.5 Å². The molecule has 0 radical (unpaired) electrons. The highest BCUT2D eigenvalue weighted by Crippen LogP contribution is 2.60. The maximum Gasteiger partial charge on any atom is 0.233 e. The average Bonchev–Trinajstić information content (AvgIpc) is 2.86. The number of carbonyl (C=O) groups excluding carboxylic acids is 2. The molecule has 23 heavy (non-hydrogen) atoms. The molecule has 1 saturated heterocycles. The molecule has 2 saturated carbocycles. The molecular weight excluding hydrogens is 288 g/mol. The topological polar surface area (TPSA) is 58.2 Å². The number of piperidine rings is 1. The van der Waals surface area contributed by atoms with Crippen molar-refractivity contribution >= 4 is 11.7 Å². The Morgan fingerprint density at radius 1 is 1.04 bits per heavy atom. The number of amides is 1. The van der Waals surface area contributed by atoms with E-state index < -0.39 is 5.41 Å². The van der Waals surface area contributed by atoms with E-state index in [9.17, 15) is 9.59 Å². The van der Waals surface area contributed by atoms with Gasteiger partial charge in [-0.2, -0.15) is 0 Å². The van der Waals surface area contributed by atoms with Gasteiger partial charge in [0.25, 0.3) is 0 Å². The van der Waals surface area contributed by atoms with Crippen molar-refractivity contribution in [3.8, 4) is 0 Å². The normalized spacial score (nSPS) is 37.8. The van der Waals surface area contributed by atoms with Crippen LogP contribution < -0.4 is 10.6 Å². The van der Waals surface area contributed by atoms with Gasteiger partial charge < -0.3 is 10.6 Å². The fraction of sp³-hybridized carbons (Fsp3) is 0.895. The molecule has 2 aliphatic carbocycles. The molecule has 4 heteroatoms. The summed E-state index contributed by atoms with van der Waals surface area (Å²) in [4.78, 5) is 25.9. The molecule has 0 aromatic carbocycles. The van der Waals surface area contributed by atoms with Crippen LogP contribution in [0.5, 0.6) is 0 Å². The van der Waals surface area contributed by atoms with Gasteiger partial charge in [0.05, 0.1) is 0 Å². The predicted molar refractivity (Wildman–Crippen MR) is 91.0 cm³/mol. The van der Waals surface area contributed by atoms with E-state index in [0.29, 0.717) is 5.92 Å². The Bertz CT molecular complexity index is 534. The largest absolute Gasteiger partial charge is 0.352 e. The molecular formula is C19H32N2O2. The summed E-state index contributed by atoms with van der Waals surface area (Å²) in [5.74, 6) is 0.543. The SMILES string of the molecule is CC1(C)CC(NC(=O)[C@@]23CC[C@H](C2)C(C)(C)C3=O)CC(C)(C)N1. The summed E-state index contributed by atoms with van der Waals surface area (Å²) in [5, 5.41) is 6.90. The predicted octanol–water partition coefficient (Wildman–Crippen LogP) is 2.81. The van der Waals surface area contributed by atoms with E-state index in [4.69, 9.17) is 0 Å². The van der Waals surface area contributed by atoms with Gasteiger partial charge in [-0.25, -0.2) is 0 Å². The lowest BCUT2D eigenvalue weighted by atomic mass is 9.70. The first-order valence-electron chi connectivity index (χ1n) is 9.03. The first kappa shape index (κ1) is 16.9. The Balaban J connectivity index is 1.76. The highest BCUT2D eigenvalue weighted by atomic mass is 16.2. The van der Waals surface area contributed by atoms with E-state index in [2.05, 4.69) is 38.3 Å². The number of rotatable bonds is 2. The summed E-state index contributed by atoms with van der Waals surface area (Å²) in [6.07, 6.45) is 4.31. The van der Waals surface area contributed by atoms with E-state index in [1.807, 2.05) is 13.8 Å². The Kier molecular flexibility index (Phi) is 3.54. The zero-order valence-corrected chi connectivity index (χ0v) is 15.5. The monoisotopic (exact) mass is 320 g/mol. The molecule has 0 unspecified atom stereocenters. The molecule has 2 N–H and O–H groups in total. The molecule has 1 amide bonds. The van der Waals surface area contributed by atoms with Crippen molar-refractivity contribution in [1.29, 1.82) is 0 Å². The number of carbonyl (C=O) groups is 2. The lowest BCUT2D eigenvalue weighted by Crippen LogP contribution is -2.63. The fourth-order valence-electron chi connectivity index (χ4n) is 5.73. The highest BCUT2D eigenvalue weighted by Gasteiger charge is 2.65. The summed E-state index contributed by atoms with van der Waals surface area (Å²) in [7, 11) is 0. The number of fused-ring (bicyclic) bond motifs is 2. The van der Waals surface area contributed by atoms with Crippen LogP contribution in [0.15, 0.2) is 0 Å². The smallest absolute Gasteiger partial charge is 0.233 e. The van der Waals surface area contributed by atoms with Gasteiger partial charge in [0.15, 0.2) is 5.78 Å². The summed E-state index contributed by atoms with van der Waals surface area (Å²) >= 11 is 0. The Morgan fingerprint density at radius 3 is 2.09 bits per heavy atom. The van der Waals surface area contributed by atoms with Crippen molar-refractivity contribution in [2.45, 2.75) is 90.8 Å². The molecule has 3 aliphatic rings. The van der Waals surface area contributed by atoms with Gasteiger partial charge in [-0.15, -0.1) is 0 Å². The minimum absolute atomic E-state index is 0.00543. The van der Waals surface area contributed by atoms with Gasteiger partial charge in [-0.1, -0.05) is 13.8 Å². The van der Waals surface area contributed by atoms with Crippen LogP contribution in [0.25, 0.3) is 0 Å². The molecule has 3 rings (SSSR count). The van der Waals surface area contributed by atoms with E-state index in [-0.39, 0.29) is 34.2 Å². The summed E-state index contributed by atoms with van der Waals surface area (Å²) in [5.41, 5.74) is -1.08. The summed E-state index contributed by atoms with van der Waals surface area (Å²) < 4.78 is 0. The third-order valence-electron chi connectivity index (χ3n) is 6.51. The second-order valence-corrected chi connectivity index (χ2v) is 10.0. The molecule has 0 aromatic heterocycles. The Hall–Kier alpha value is -0.900. The van der Waals surface area contributed by atoms with Crippen LogP contribution in [0.2, 0.25) is 0 Å². The van der Waals surface area contributed by atoms with E-state index >= 15 is 0 Å². The molecule has 0 spiro atoms. The minimum Gasteiger partial charge on any atom is -0.352 e. The number of hydrogen-bond donors (Lipinski definition) is 2. The van der Waals surface area contributed by atoms with Crippen LogP contribution in [0, 0.1) is 16.7 Å². The van der Waals surface area contributed by atoms with Crippen LogP contribution in [0.1, 0.15) is 73.6 Å². The maximum absolute atomic E-state index is 13.1. The zero-order valence-electron chi connectivity index (χ0n) is 15.5. The first-order valence-corrected chi connectivity index (χ1v) is 9.03. The third-order valence-corrected chi connectivity index (χ3v) is 6.51. The van der Waals surface area contributed by atoms with E-state index in [0.717, 1.165) is 32.1 Å². The van der Waals surface area contributed by atoms with Crippen molar-refractivity contribution < 1.29 is 9.59 Å². The lowest BCUT2D eigenvalue weighted by Gasteiger charge is -2.47. The quantitative estimate of drug-likeness (QED) is 0.769. The van der Waals surface area contributed by atoms with Crippen molar-refractivity contribution in [2.24, 2.45) is 16.7 Å². The standard InChI is InChI=1S/C19H32N2O2/c1-16(2)10-13(11-17(3,4)21-16)20-15(23)19-8-7-12(9-19)18(5,6)14(19)22/h12-13,21H,7-11H2,1-6H3,(H,20,23)/t12-,19+/m1/s1. The van der Waals surface area contributed by atoms with Crippen LogP contribution in [-0.2, 0) is 9.59 Å². The van der Waals surface area contributed by atoms with E-state index in [1.165, 1.54) is 0 Å². The van der Waals surface area contributed by atoms with Crippen molar-refractivity contribution in [1.82, 2.24) is 10.6 Å². The second-order valence-electron chi connectivity index (χ2n) is 10.0. The molecule has 1 aliphatic heterocycles. The van der Waals surface area contributed by atoms with Gasteiger partial charge >= 0.3 is 0 Å². The van der Waals surface area contributed by atoms with Crippen LogP contribution in [0.3, 0.4) is 0 Å². The zero-order chi connectivity index (χ0) is 17.3. The summed E-state index contributed by atoms with van der Waals surface area (Å²) in [6.45, 7) is 12.8. The lowest BCUT2D eigenvalue weighted by molar-refractivity contribution is -0.145. The summed E-state index contributed by atoms with van der Waals surface area (Å²) in [6, 6.07) is 0.138. The van der Waals surface area contributed by atoms with Crippen molar-refractivity contribution in [2.75, 3.05) is 0 Å².